The van der Waals surface area contributed by atoms with Crippen LogP contribution in [0.2, 0.25) is 0 Å². The Morgan fingerprint density at radius 3 is 2.82 bits per heavy atom. The molecule has 0 unspecified atom stereocenters. The van der Waals surface area contributed by atoms with Crippen molar-refractivity contribution in [3.63, 3.8) is 0 Å². The minimum absolute atomic E-state index is 0.0562. The molecule has 17 heavy (non-hydrogen) atoms. The van der Waals surface area contributed by atoms with Crippen LogP contribution in [0.25, 0.3) is 0 Å². The number of hydrogen-bond donors (Lipinski definition) is 2. The van der Waals surface area contributed by atoms with Crippen molar-refractivity contribution < 1.29 is 4.79 Å². The first-order valence-corrected chi connectivity index (χ1v) is 6.65. The van der Waals surface area contributed by atoms with Crippen LogP contribution in [0.1, 0.15) is 24.5 Å². The van der Waals surface area contributed by atoms with E-state index >= 15 is 0 Å². The monoisotopic (exact) mass is 298 g/mol. The van der Waals surface area contributed by atoms with Crippen molar-refractivity contribution in [2.45, 2.75) is 26.8 Å². The molecule has 0 saturated carbocycles. The molecular formula is C13H19BrN2O. The Labute approximate surface area is 111 Å². The molecule has 3 nitrogen and oxygen atoms in total. The second-order valence-corrected chi connectivity index (χ2v) is 4.89. The Balaban J connectivity index is 2.30. The second-order valence-electron chi connectivity index (χ2n) is 4.04. The fourth-order valence-corrected chi connectivity index (χ4v) is 1.71. The molecule has 0 aliphatic carbocycles. The van der Waals surface area contributed by atoms with Crippen molar-refractivity contribution in [3.05, 3.63) is 33.8 Å². The number of hydrogen-bond acceptors (Lipinski definition) is 2. The number of halogens is 1. The minimum atomic E-state index is 0.0562. The summed E-state index contributed by atoms with van der Waals surface area (Å²) in [6.07, 6.45) is 0.970. The van der Waals surface area contributed by atoms with Gasteiger partial charge in [-0.15, -0.1) is 0 Å². The van der Waals surface area contributed by atoms with E-state index in [4.69, 9.17) is 0 Å². The van der Waals surface area contributed by atoms with E-state index in [0.29, 0.717) is 13.1 Å². The third-order valence-electron chi connectivity index (χ3n) is 2.41. The summed E-state index contributed by atoms with van der Waals surface area (Å²) >= 11 is 3.46. The predicted molar refractivity (Wildman–Crippen MR) is 73.9 cm³/mol. The number of aryl methyl sites for hydroxylation is 1. The van der Waals surface area contributed by atoms with Crippen LogP contribution in [0.3, 0.4) is 0 Å². The molecular weight excluding hydrogens is 280 g/mol. The molecule has 0 radical (unpaired) electrons. The lowest BCUT2D eigenvalue weighted by Crippen LogP contribution is -2.33. The summed E-state index contributed by atoms with van der Waals surface area (Å²) in [5.41, 5.74) is 2.40. The van der Waals surface area contributed by atoms with Crippen molar-refractivity contribution in [1.82, 2.24) is 10.6 Å². The van der Waals surface area contributed by atoms with Gasteiger partial charge in [-0.25, -0.2) is 0 Å². The van der Waals surface area contributed by atoms with Crippen molar-refractivity contribution in [1.29, 1.82) is 0 Å². The van der Waals surface area contributed by atoms with Crippen LogP contribution in [-0.4, -0.2) is 19.0 Å². The number of benzene rings is 1. The fourth-order valence-electron chi connectivity index (χ4n) is 1.46. The number of amides is 1. The largest absolute Gasteiger partial charge is 0.355 e. The molecule has 0 fully saturated rings. The molecule has 0 heterocycles. The molecule has 1 aromatic carbocycles. The summed E-state index contributed by atoms with van der Waals surface area (Å²) in [5, 5.41) is 5.96. The summed E-state index contributed by atoms with van der Waals surface area (Å²) < 4.78 is 1.11. The maximum Gasteiger partial charge on any atom is 0.233 e. The Morgan fingerprint density at radius 1 is 1.41 bits per heavy atom. The highest BCUT2D eigenvalue weighted by Crippen LogP contribution is 2.16. The van der Waals surface area contributed by atoms with Crippen LogP contribution < -0.4 is 10.6 Å². The van der Waals surface area contributed by atoms with E-state index in [1.54, 1.807) is 0 Å². The van der Waals surface area contributed by atoms with E-state index in [0.717, 1.165) is 17.4 Å². The summed E-state index contributed by atoms with van der Waals surface area (Å²) in [7, 11) is 0. The molecule has 0 spiro atoms. The van der Waals surface area contributed by atoms with Gasteiger partial charge in [0.15, 0.2) is 0 Å². The summed E-state index contributed by atoms with van der Waals surface area (Å²) in [6.45, 7) is 5.93. The van der Waals surface area contributed by atoms with Gasteiger partial charge in [-0.2, -0.15) is 0 Å². The molecule has 1 amide bonds. The Bertz CT molecular complexity index is 380. The lowest BCUT2D eigenvalue weighted by atomic mass is 10.1. The number of carbonyl (C=O) groups is 1. The maximum atomic E-state index is 11.3. The minimum Gasteiger partial charge on any atom is -0.355 e. The van der Waals surface area contributed by atoms with Gasteiger partial charge in [-0.05, 0) is 30.5 Å². The van der Waals surface area contributed by atoms with Crippen LogP contribution in [0.5, 0.6) is 0 Å². The van der Waals surface area contributed by atoms with Crippen molar-refractivity contribution in [2.75, 3.05) is 13.1 Å². The van der Waals surface area contributed by atoms with Gasteiger partial charge < -0.3 is 10.6 Å². The highest BCUT2D eigenvalue weighted by atomic mass is 79.9. The summed E-state index contributed by atoms with van der Waals surface area (Å²) in [5.74, 6) is 0.0562. The average molecular weight is 299 g/mol. The quantitative estimate of drug-likeness (QED) is 0.847. The van der Waals surface area contributed by atoms with Crippen molar-refractivity contribution >= 4 is 21.8 Å². The van der Waals surface area contributed by atoms with Gasteiger partial charge in [0.1, 0.15) is 0 Å². The van der Waals surface area contributed by atoms with Gasteiger partial charge in [-0.1, -0.05) is 35.0 Å². The first-order valence-electron chi connectivity index (χ1n) is 5.86. The van der Waals surface area contributed by atoms with Crippen molar-refractivity contribution in [2.24, 2.45) is 0 Å². The van der Waals surface area contributed by atoms with Crippen LogP contribution in [0, 0.1) is 6.92 Å². The van der Waals surface area contributed by atoms with E-state index in [1.807, 2.05) is 19.1 Å². The number of carbonyl (C=O) groups excluding carboxylic acids is 1. The molecule has 0 atom stereocenters. The van der Waals surface area contributed by atoms with Gasteiger partial charge in [0, 0.05) is 17.6 Å². The van der Waals surface area contributed by atoms with Gasteiger partial charge in [0.2, 0.25) is 5.91 Å². The molecule has 0 aliphatic rings. The van der Waals surface area contributed by atoms with E-state index < -0.39 is 0 Å². The van der Waals surface area contributed by atoms with Crippen LogP contribution in [-0.2, 0) is 11.3 Å². The molecule has 4 heteroatoms. The van der Waals surface area contributed by atoms with Crippen LogP contribution in [0.15, 0.2) is 22.7 Å². The fraction of sp³-hybridized carbons (Fsp3) is 0.462. The molecule has 2 N–H and O–H groups in total. The molecule has 0 saturated heterocycles. The Hall–Kier alpha value is -0.870. The van der Waals surface area contributed by atoms with Gasteiger partial charge in [0.05, 0.1) is 6.54 Å². The standard InChI is InChI=1S/C13H19BrN2O/c1-3-6-16-13(17)9-15-8-11-4-5-12(14)10(2)7-11/h4-5,7,15H,3,6,8-9H2,1-2H3,(H,16,17). The molecule has 1 rings (SSSR count). The third kappa shape index (κ3) is 5.33. The summed E-state index contributed by atoms with van der Waals surface area (Å²) in [6, 6.07) is 6.19. The number of rotatable bonds is 6. The highest BCUT2D eigenvalue weighted by Gasteiger charge is 2.00. The van der Waals surface area contributed by atoms with E-state index in [1.165, 1.54) is 11.1 Å². The van der Waals surface area contributed by atoms with Gasteiger partial charge in [-0.3, -0.25) is 4.79 Å². The normalized spacial score (nSPS) is 10.3. The number of nitrogens with one attached hydrogen (secondary N) is 2. The van der Waals surface area contributed by atoms with Crippen molar-refractivity contribution in [3.8, 4) is 0 Å². The van der Waals surface area contributed by atoms with E-state index in [9.17, 15) is 4.79 Å². The van der Waals surface area contributed by atoms with Crippen LogP contribution in [0.4, 0.5) is 0 Å². The topological polar surface area (TPSA) is 41.1 Å². The maximum absolute atomic E-state index is 11.3. The SMILES string of the molecule is CCCNC(=O)CNCc1ccc(Br)c(C)c1. The van der Waals surface area contributed by atoms with Gasteiger partial charge in [0.25, 0.3) is 0 Å². The molecule has 1 aromatic rings. The molecule has 0 aromatic heterocycles. The second kappa shape index (κ2) is 7.45. The zero-order valence-corrected chi connectivity index (χ0v) is 11.9. The summed E-state index contributed by atoms with van der Waals surface area (Å²) in [4.78, 5) is 11.3. The molecule has 0 bridgehead atoms. The first-order chi connectivity index (χ1) is 8.13. The van der Waals surface area contributed by atoms with E-state index in [2.05, 4.69) is 39.6 Å². The Kier molecular flexibility index (Phi) is 6.22. The first kappa shape index (κ1) is 14.2. The lowest BCUT2D eigenvalue weighted by molar-refractivity contribution is -0.120. The third-order valence-corrected chi connectivity index (χ3v) is 3.30. The van der Waals surface area contributed by atoms with Crippen LogP contribution >= 0.6 is 15.9 Å². The zero-order chi connectivity index (χ0) is 12.7. The molecule has 94 valence electrons. The Morgan fingerprint density at radius 2 is 2.18 bits per heavy atom. The molecule has 0 aliphatic heterocycles. The average Bonchev–Trinajstić information content (AvgIpc) is 2.31. The lowest BCUT2D eigenvalue weighted by Gasteiger charge is -2.07. The highest BCUT2D eigenvalue weighted by molar-refractivity contribution is 9.10. The zero-order valence-electron chi connectivity index (χ0n) is 10.3. The van der Waals surface area contributed by atoms with E-state index in [-0.39, 0.29) is 5.91 Å². The van der Waals surface area contributed by atoms with Gasteiger partial charge >= 0.3 is 0 Å². The smallest absolute Gasteiger partial charge is 0.233 e. The predicted octanol–water partition coefficient (Wildman–Crippen LogP) is 2.37.